The number of hydrogen-bond donors (Lipinski definition) is 0. The zero-order chi connectivity index (χ0) is 17.1. The van der Waals surface area contributed by atoms with E-state index in [-0.39, 0.29) is 17.5 Å². The fourth-order valence-electron chi connectivity index (χ4n) is 2.75. The first-order chi connectivity index (χ1) is 11.5. The van der Waals surface area contributed by atoms with E-state index in [9.17, 15) is 18.9 Å². The highest BCUT2D eigenvalue weighted by Crippen LogP contribution is 2.30. The lowest BCUT2D eigenvalue weighted by atomic mass is 10.1. The second kappa shape index (κ2) is 6.77. The third-order valence-electron chi connectivity index (χ3n) is 3.94. The molecule has 8 heteroatoms. The van der Waals surface area contributed by atoms with Gasteiger partial charge in [0.2, 0.25) is 0 Å². The third kappa shape index (κ3) is 3.42. The molecular formula is C16H15F2N3O3. The number of pyridine rings is 1. The Kier molecular flexibility index (Phi) is 4.54. The zero-order valence-corrected chi connectivity index (χ0v) is 12.7. The Morgan fingerprint density at radius 1 is 1.25 bits per heavy atom. The molecule has 0 bridgehead atoms. The lowest BCUT2D eigenvalue weighted by molar-refractivity contribution is -0.384. The Labute approximate surface area is 136 Å². The first-order valence-corrected chi connectivity index (χ1v) is 7.49. The van der Waals surface area contributed by atoms with Crippen LogP contribution in [0.15, 0.2) is 36.7 Å². The number of nitro groups is 1. The topological polar surface area (TPSA) is 68.5 Å². The maximum atomic E-state index is 13.6. The van der Waals surface area contributed by atoms with Gasteiger partial charge in [0.25, 0.3) is 0 Å². The van der Waals surface area contributed by atoms with Crippen LogP contribution in [0.4, 0.5) is 20.2 Å². The van der Waals surface area contributed by atoms with Crippen molar-refractivity contribution in [2.75, 3.05) is 18.0 Å². The summed E-state index contributed by atoms with van der Waals surface area (Å²) >= 11 is 0. The summed E-state index contributed by atoms with van der Waals surface area (Å²) in [5, 5.41) is 11.1. The van der Waals surface area contributed by atoms with E-state index in [2.05, 4.69) is 4.98 Å². The summed E-state index contributed by atoms with van der Waals surface area (Å²) in [6.45, 7) is 1.08. The van der Waals surface area contributed by atoms with E-state index in [1.807, 2.05) is 4.90 Å². The number of hydrogen-bond acceptors (Lipinski definition) is 5. The van der Waals surface area contributed by atoms with E-state index < -0.39 is 16.6 Å². The number of halogens is 2. The van der Waals surface area contributed by atoms with Crippen LogP contribution in [0.2, 0.25) is 0 Å². The van der Waals surface area contributed by atoms with Gasteiger partial charge in [-0.3, -0.25) is 15.1 Å². The van der Waals surface area contributed by atoms with Crippen LogP contribution in [0.5, 0.6) is 5.75 Å². The number of benzene rings is 1. The molecule has 24 heavy (non-hydrogen) atoms. The van der Waals surface area contributed by atoms with Gasteiger partial charge in [-0.2, -0.15) is 0 Å². The van der Waals surface area contributed by atoms with Crippen molar-refractivity contribution in [3.8, 4) is 5.75 Å². The van der Waals surface area contributed by atoms with Crippen molar-refractivity contribution in [1.29, 1.82) is 0 Å². The van der Waals surface area contributed by atoms with Crippen LogP contribution in [-0.2, 0) is 0 Å². The summed E-state index contributed by atoms with van der Waals surface area (Å²) in [5.41, 5.74) is 0.475. The van der Waals surface area contributed by atoms with Gasteiger partial charge in [0.05, 0.1) is 4.92 Å². The van der Waals surface area contributed by atoms with Crippen molar-refractivity contribution in [1.82, 2.24) is 4.98 Å². The molecule has 0 aliphatic carbocycles. The van der Waals surface area contributed by atoms with Crippen LogP contribution >= 0.6 is 0 Å². The van der Waals surface area contributed by atoms with Crippen molar-refractivity contribution in [2.24, 2.45) is 0 Å². The van der Waals surface area contributed by atoms with Crippen molar-refractivity contribution in [3.63, 3.8) is 0 Å². The molecule has 0 N–H and O–H groups in total. The number of aromatic nitrogens is 1. The van der Waals surface area contributed by atoms with Crippen LogP contribution in [-0.4, -0.2) is 29.1 Å². The van der Waals surface area contributed by atoms with Gasteiger partial charge in [-0.25, -0.2) is 8.78 Å². The summed E-state index contributed by atoms with van der Waals surface area (Å²) in [6.07, 6.45) is 3.68. The second-order valence-corrected chi connectivity index (χ2v) is 5.50. The van der Waals surface area contributed by atoms with Crippen molar-refractivity contribution < 1.29 is 18.4 Å². The predicted octanol–water partition coefficient (Wildman–Crippen LogP) is 3.32. The highest BCUT2D eigenvalue weighted by molar-refractivity contribution is 5.61. The molecule has 1 aliphatic rings. The Hall–Kier alpha value is -2.77. The minimum Gasteiger partial charge on any atom is -0.487 e. The molecule has 0 saturated carbocycles. The SMILES string of the molecule is O=[N+]([O-])c1cnccc1N1CCC(Oc2ccc(F)cc2F)CC1. The molecule has 2 heterocycles. The fourth-order valence-corrected chi connectivity index (χ4v) is 2.75. The van der Waals surface area contributed by atoms with Crippen LogP contribution in [0.3, 0.4) is 0 Å². The van der Waals surface area contributed by atoms with Gasteiger partial charge >= 0.3 is 5.69 Å². The molecule has 1 aromatic heterocycles. The number of ether oxygens (including phenoxy) is 1. The summed E-state index contributed by atoms with van der Waals surface area (Å²) in [5.74, 6) is -1.37. The molecule has 2 aromatic rings. The number of anilines is 1. The Balaban J connectivity index is 1.65. The largest absolute Gasteiger partial charge is 0.487 e. The first-order valence-electron chi connectivity index (χ1n) is 7.49. The lowest BCUT2D eigenvalue weighted by Gasteiger charge is -2.33. The molecule has 0 amide bonds. The second-order valence-electron chi connectivity index (χ2n) is 5.50. The molecule has 6 nitrogen and oxygen atoms in total. The summed E-state index contributed by atoms with van der Waals surface area (Å²) < 4.78 is 32.1. The maximum Gasteiger partial charge on any atom is 0.310 e. The smallest absolute Gasteiger partial charge is 0.310 e. The quantitative estimate of drug-likeness (QED) is 0.633. The van der Waals surface area contributed by atoms with Crippen molar-refractivity contribution >= 4 is 11.4 Å². The van der Waals surface area contributed by atoms with E-state index in [4.69, 9.17) is 4.74 Å². The lowest BCUT2D eigenvalue weighted by Crippen LogP contribution is -2.38. The van der Waals surface area contributed by atoms with Gasteiger partial charge in [-0.15, -0.1) is 0 Å². The van der Waals surface area contributed by atoms with Gasteiger partial charge in [0.15, 0.2) is 11.6 Å². The number of nitrogens with zero attached hydrogens (tertiary/aromatic N) is 3. The molecule has 1 saturated heterocycles. The van der Waals surface area contributed by atoms with Crippen LogP contribution in [0.25, 0.3) is 0 Å². The van der Waals surface area contributed by atoms with Crippen molar-refractivity contribution in [3.05, 3.63) is 58.4 Å². The number of piperidine rings is 1. The average molecular weight is 335 g/mol. The molecule has 3 rings (SSSR count). The summed E-state index contributed by atoms with van der Waals surface area (Å²) in [7, 11) is 0. The molecule has 0 radical (unpaired) electrons. The Morgan fingerprint density at radius 3 is 2.67 bits per heavy atom. The molecule has 0 atom stereocenters. The maximum absolute atomic E-state index is 13.6. The van der Waals surface area contributed by atoms with E-state index >= 15 is 0 Å². The Bertz CT molecular complexity index is 749. The van der Waals surface area contributed by atoms with Crippen LogP contribution in [0, 0.1) is 21.7 Å². The fraction of sp³-hybridized carbons (Fsp3) is 0.312. The summed E-state index contributed by atoms with van der Waals surface area (Å²) in [4.78, 5) is 16.3. The summed E-state index contributed by atoms with van der Waals surface area (Å²) in [6, 6.07) is 4.81. The van der Waals surface area contributed by atoms with Gasteiger partial charge < -0.3 is 9.64 Å². The van der Waals surface area contributed by atoms with Crippen molar-refractivity contribution in [2.45, 2.75) is 18.9 Å². The molecule has 1 fully saturated rings. The molecular weight excluding hydrogens is 320 g/mol. The monoisotopic (exact) mass is 335 g/mol. The molecule has 126 valence electrons. The third-order valence-corrected chi connectivity index (χ3v) is 3.94. The highest BCUT2D eigenvalue weighted by atomic mass is 19.1. The molecule has 1 aromatic carbocycles. The van der Waals surface area contributed by atoms with Gasteiger partial charge in [-0.05, 0) is 18.2 Å². The van der Waals surface area contributed by atoms with E-state index in [0.29, 0.717) is 31.6 Å². The number of rotatable bonds is 4. The van der Waals surface area contributed by atoms with Crippen LogP contribution in [0.1, 0.15) is 12.8 Å². The Morgan fingerprint density at radius 2 is 2.00 bits per heavy atom. The molecule has 0 spiro atoms. The van der Waals surface area contributed by atoms with E-state index in [1.54, 1.807) is 6.07 Å². The zero-order valence-electron chi connectivity index (χ0n) is 12.7. The van der Waals surface area contributed by atoms with E-state index in [0.717, 1.165) is 12.1 Å². The standard InChI is InChI=1S/C16H15F2N3O3/c17-11-1-2-16(13(18)9-11)24-12-4-7-20(8-5-12)14-3-6-19-10-15(14)21(22)23/h1-3,6,9-10,12H,4-5,7-8H2. The highest BCUT2D eigenvalue weighted by Gasteiger charge is 2.26. The normalized spacial score (nSPS) is 15.3. The van der Waals surface area contributed by atoms with Gasteiger partial charge in [0.1, 0.15) is 23.8 Å². The minimum atomic E-state index is -0.734. The van der Waals surface area contributed by atoms with Crippen LogP contribution < -0.4 is 9.64 Å². The molecule has 1 aliphatic heterocycles. The average Bonchev–Trinajstić information content (AvgIpc) is 2.58. The molecule has 0 unspecified atom stereocenters. The predicted molar refractivity (Wildman–Crippen MR) is 83.1 cm³/mol. The van der Waals surface area contributed by atoms with E-state index in [1.165, 1.54) is 18.5 Å². The van der Waals surface area contributed by atoms with Gasteiger partial charge in [-0.1, -0.05) is 0 Å². The van der Waals surface area contributed by atoms with Gasteiger partial charge in [0, 0.05) is 38.2 Å². The minimum absolute atomic E-state index is 0.0183. The first kappa shape index (κ1) is 16.1.